The molecule has 0 N–H and O–H groups in total. The molecule has 0 aliphatic rings. The first-order chi connectivity index (χ1) is 11.2. The molecule has 0 saturated heterocycles. The van der Waals surface area contributed by atoms with Gasteiger partial charge in [0.1, 0.15) is 0 Å². The summed E-state index contributed by atoms with van der Waals surface area (Å²) in [4.78, 5) is 13.9. The number of likely N-dealkylation sites (N-methyl/N-ethyl adjacent to an activating group) is 1. The van der Waals surface area contributed by atoms with Gasteiger partial charge in [-0.1, -0.05) is 41.9 Å². The van der Waals surface area contributed by atoms with Gasteiger partial charge in [-0.15, -0.1) is 0 Å². The Morgan fingerprint density at radius 1 is 1.17 bits per heavy atom. The molecule has 2 rings (SSSR count). The minimum absolute atomic E-state index is 0.0919. The molecule has 2 aromatic rings. The molecule has 0 radical (unpaired) electrons. The molecule has 6 heteroatoms. The molecule has 1 atom stereocenters. The number of alkyl halides is 3. The molecule has 0 fully saturated rings. The van der Waals surface area contributed by atoms with Crippen LogP contribution in [0.2, 0.25) is 5.02 Å². The second-order valence-corrected chi connectivity index (χ2v) is 6.05. The van der Waals surface area contributed by atoms with E-state index in [9.17, 15) is 18.0 Å². The average Bonchev–Trinajstić information content (AvgIpc) is 2.53. The Balaban J connectivity index is 2.12. The van der Waals surface area contributed by atoms with Crippen LogP contribution in [0.5, 0.6) is 0 Å². The van der Waals surface area contributed by atoms with Crippen molar-refractivity contribution in [2.75, 3.05) is 7.05 Å². The summed E-state index contributed by atoms with van der Waals surface area (Å²) in [6.07, 6.45) is -4.51. The van der Waals surface area contributed by atoms with Crippen LogP contribution >= 0.6 is 11.6 Å². The minimum Gasteiger partial charge on any atom is -0.339 e. The number of benzene rings is 2. The van der Waals surface area contributed by atoms with E-state index in [2.05, 4.69) is 0 Å². The normalized spacial score (nSPS) is 12.8. The highest BCUT2D eigenvalue weighted by Crippen LogP contribution is 2.30. The van der Waals surface area contributed by atoms with Gasteiger partial charge in [0, 0.05) is 12.1 Å². The first kappa shape index (κ1) is 18.3. The van der Waals surface area contributed by atoms with Gasteiger partial charge in [-0.3, -0.25) is 4.79 Å². The number of amides is 1. The van der Waals surface area contributed by atoms with Gasteiger partial charge in [0.2, 0.25) is 5.91 Å². The summed E-state index contributed by atoms with van der Waals surface area (Å²) in [6, 6.07) is 11.7. The summed E-state index contributed by atoms with van der Waals surface area (Å²) >= 11 is 5.95. The van der Waals surface area contributed by atoms with Gasteiger partial charge in [-0.25, -0.2) is 0 Å². The number of rotatable bonds is 4. The molecule has 24 heavy (non-hydrogen) atoms. The maximum absolute atomic E-state index is 12.7. The standard InChI is InChI=1S/C18H17ClF3NO/c1-12(14-6-4-8-16(19)11-14)23(2)17(24)10-13-5-3-7-15(9-13)18(20,21)22/h3-9,11-12H,10H2,1-2H3. The number of hydrogen-bond donors (Lipinski definition) is 0. The maximum atomic E-state index is 12.7. The lowest BCUT2D eigenvalue weighted by Crippen LogP contribution is -2.31. The highest BCUT2D eigenvalue weighted by atomic mass is 35.5. The van der Waals surface area contributed by atoms with Crippen molar-refractivity contribution in [3.63, 3.8) is 0 Å². The topological polar surface area (TPSA) is 20.3 Å². The quantitative estimate of drug-likeness (QED) is 0.745. The maximum Gasteiger partial charge on any atom is 0.416 e. The monoisotopic (exact) mass is 355 g/mol. The van der Waals surface area contributed by atoms with Gasteiger partial charge in [-0.05, 0) is 36.2 Å². The lowest BCUT2D eigenvalue weighted by Gasteiger charge is -2.25. The van der Waals surface area contributed by atoms with E-state index in [1.807, 2.05) is 13.0 Å². The summed E-state index contributed by atoms with van der Waals surface area (Å²) in [7, 11) is 1.63. The smallest absolute Gasteiger partial charge is 0.339 e. The Kier molecular flexibility index (Phi) is 5.54. The van der Waals surface area contributed by atoms with Crippen LogP contribution in [0.1, 0.15) is 29.7 Å². The summed E-state index contributed by atoms with van der Waals surface area (Å²) in [5, 5.41) is 0.568. The molecule has 0 saturated carbocycles. The fraction of sp³-hybridized carbons (Fsp3) is 0.278. The van der Waals surface area contributed by atoms with Crippen molar-refractivity contribution in [2.45, 2.75) is 25.6 Å². The van der Waals surface area contributed by atoms with Crippen LogP contribution in [-0.2, 0) is 17.4 Å². The van der Waals surface area contributed by atoms with E-state index in [0.29, 0.717) is 10.6 Å². The van der Waals surface area contributed by atoms with Crippen molar-refractivity contribution >= 4 is 17.5 Å². The van der Waals surface area contributed by atoms with Crippen molar-refractivity contribution in [3.8, 4) is 0 Å². The molecule has 1 amide bonds. The van der Waals surface area contributed by atoms with Crippen LogP contribution < -0.4 is 0 Å². The SMILES string of the molecule is CC(c1cccc(Cl)c1)N(C)C(=O)Cc1cccc(C(F)(F)F)c1. The molecule has 2 nitrogen and oxygen atoms in total. The second-order valence-electron chi connectivity index (χ2n) is 5.61. The van der Waals surface area contributed by atoms with E-state index in [1.165, 1.54) is 17.0 Å². The third kappa shape index (κ3) is 4.51. The highest BCUT2D eigenvalue weighted by Gasteiger charge is 2.30. The molecule has 1 unspecified atom stereocenters. The fourth-order valence-corrected chi connectivity index (χ4v) is 2.56. The van der Waals surface area contributed by atoms with Crippen molar-refractivity contribution in [1.82, 2.24) is 4.90 Å². The third-order valence-electron chi connectivity index (χ3n) is 3.92. The first-order valence-corrected chi connectivity index (χ1v) is 7.73. The molecule has 0 aliphatic heterocycles. The Morgan fingerprint density at radius 3 is 2.46 bits per heavy atom. The van der Waals surface area contributed by atoms with E-state index in [-0.39, 0.29) is 18.4 Å². The predicted molar refractivity (Wildman–Crippen MR) is 87.8 cm³/mol. The molecule has 0 spiro atoms. The van der Waals surface area contributed by atoms with Crippen molar-refractivity contribution in [3.05, 3.63) is 70.2 Å². The molecule has 0 heterocycles. The van der Waals surface area contributed by atoms with Crippen LogP contribution in [0.4, 0.5) is 13.2 Å². The first-order valence-electron chi connectivity index (χ1n) is 7.35. The third-order valence-corrected chi connectivity index (χ3v) is 4.15. The zero-order valence-corrected chi connectivity index (χ0v) is 14.0. The van der Waals surface area contributed by atoms with E-state index >= 15 is 0 Å². The molecular formula is C18H17ClF3NO. The van der Waals surface area contributed by atoms with Gasteiger partial charge >= 0.3 is 6.18 Å². The predicted octanol–water partition coefficient (Wildman–Crippen LogP) is 5.12. The van der Waals surface area contributed by atoms with Gasteiger partial charge in [0.05, 0.1) is 18.0 Å². The van der Waals surface area contributed by atoms with Crippen LogP contribution in [0.25, 0.3) is 0 Å². The molecule has 0 bridgehead atoms. The van der Waals surface area contributed by atoms with E-state index in [0.717, 1.165) is 17.7 Å². The Bertz CT molecular complexity index is 730. The highest BCUT2D eigenvalue weighted by molar-refractivity contribution is 6.30. The van der Waals surface area contributed by atoms with Gasteiger partial charge in [0.25, 0.3) is 0 Å². The Labute approximate surface area is 143 Å². The molecule has 2 aromatic carbocycles. The number of carbonyl (C=O) groups excluding carboxylic acids is 1. The lowest BCUT2D eigenvalue weighted by molar-refractivity contribution is -0.138. The molecule has 0 aromatic heterocycles. The van der Waals surface area contributed by atoms with Gasteiger partial charge in [0.15, 0.2) is 0 Å². The second kappa shape index (κ2) is 7.26. The summed E-state index contributed by atoms with van der Waals surface area (Å²) in [5.74, 6) is -0.262. The molecule has 0 aliphatic carbocycles. The van der Waals surface area contributed by atoms with Crippen LogP contribution in [-0.4, -0.2) is 17.9 Å². The Morgan fingerprint density at radius 2 is 1.83 bits per heavy atom. The van der Waals surface area contributed by atoms with Crippen LogP contribution in [0, 0.1) is 0 Å². The number of halogens is 4. The summed E-state index contributed by atoms with van der Waals surface area (Å²) < 4.78 is 38.2. The van der Waals surface area contributed by atoms with E-state index in [4.69, 9.17) is 11.6 Å². The number of hydrogen-bond acceptors (Lipinski definition) is 1. The lowest BCUT2D eigenvalue weighted by atomic mass is 10.0. The molecule has 128 valence electrons. The van der Waals surface area contributed by atoms with E-state index < -0.39 is 11.7 Å². The average molecular weight is 356 g/mol. The van der Waals surface area contributed by atoms with Crippen molar-refractivity contribution < 1.29 is 18.0 Å². The molecular weight excluding hydrogens is 339 g/mol. The van der Waals surface area contributed by atoms with Gasteiger partial charge in [-0.2, -0.15) is 13.2 Å². The summed E-state index contributed by atoms with van der Waals surface area (Å²) in [6.45, 7) is 1.84. The largest absolute Gasteiger partial charge is 0.416 e. The van der Waals surface area contributed by atoms with Crippen LogP contribution in [0.3, 0.4) is 0 Å². The van der Waals surface area contributed by atoms with Crippen molar-refractivity contribution in [1.29, 1.82) is 0 Å². The zero-order chi connectivity index (χ0) is 17.9. The fourth-order valence-electron chi connectivity index (χ4n) is 2.36. The summed E-state index contributed by atoms with van der Waals surface area (Å²) in [5.41, 5.74) is 0.445. The number of carbonyl (C=O) groups is 1. The Hall–Kier alpha value is -2.01. The van der Waals surface area contributed by atoms with Crippen molar-refractivity contribution in [2.24, 2.45) is 0 Å². The minimum atomic E-state index is -4.42. The van der Waals surface area contributed by atoms with E-state index in [1.54, 1.807) is 25.2 Å². The van der Waals surface area contributed by atoms with Gasteiger partial charge < -0.3 is 4.90 Å². The zero-order valence-electron chi connectivity index (χ0n) is 13.3. The van der Waals surface area contributed by atoms with Crippen LogP contribution in [0.15, 0.2) is 48.5 Å². The number of nitrogens with zero attached hydrogens (tertiary/aromatic N) is 1.